The minimum atomic E-state index is 0.119. The van der Waals surface area contributed by atoms with Gasteiger partial charge in [0, 0.05) is 30.4 Å². The van der Waals surface area contributed by atoms with Crippen LogP contribution in [0.2, 0.25) is 0 Å². The lowest BCUT2D eigenvalue weighted by atomic mass is 9.90. The average Bonchev–Trinajstić information content (AvgIpc) is 3.55. The largest absolute Gasteiger partial charge is 0.423 e. The van der Waals surface area contributed by atoms with Crippen LogP contribution in [0.1, 0.15) is 37.3 Å². The summed E-state index contributed by atoms with van der Waals surface area (Å²) in [6, 6.07) is 15.0. The number of nitrogen functional groups attached to an aromatic ring is 1. The molecule has 5 aromatic rings. The van der Waals surface area contributed by atoms with Gasteiger partial charge in [0.15, 0.2) is 11.2 Å². The molecule has 2 aliphatic rings. The number of aromatic nitrogens is 5. The maximum atomic E-state index is 11.9. The fourth-order valence-electron chi connectivity index (χ4n) is 6.02. The molecule has 40 heavy (non-hydrogen) atoms. The van der Waals surface area contributed by atoms with Gasteiger partial charge in [0.2, 0.25) is 5.91 Å². The molecule has 11 heteroatoms. The maximum Gasteiger partial charge on any atom is 0.300 e. The van der Waals surface area contributed by atoms with Gasteiger partial charge < -0.3 is 20.8 Å². The van der Waals surface area contributed by atoms with Gasteiger partial charge in [-0.1, -0.05) is 18.2 Å². The van der Waals surface area contributed by atoms with E-state index in [0.717, 1.165) is 83.4 Å². The number of nitrogens with two attached hydrogens (primary N) is 1. The Labute approximate surface area is 230 Å². The first-order valence-corrected chi connectivity index (χ1v) is 13.8. The molecule has 3 aromatic heterocycles. The molecule has 204 valence electrons. The van der Waals surface area contributed by atoms with Gasteiger partial charge in [-0.3, -0.25) is 9.69 Å². The van der Waals surface area contributed by atoms with Crippen LogP contribution in [0.4, 0.5) is 17.5 Å². The lowest BCUT2D eigenvalue weighted by Gasteiger charge is -2.38. The van der Waals surface area contributed by atoms with Crippen molar-refractivity contribution in [3.63, 3.8) is 0 Å². The van der Waals surface area contributed by atoms with E-state index in [0.29, 0.717) is 24.4 Å². The van der Waals surface area contributed by atoms with Crippen LogP contribution in [0.15, 0.2) is 53.2 Å². The highest BCUT2D eigenvalue weighted by molar-refractivity contribution is 5.98. The summed E-state index contributed by atoms with van der Waals surface area (Å²) >= 11 is 0. The quantitative estimate of drug-likeness (QED) is 0.301. The Kier molecular flexibility index (Phi) is 6.07. The van der Waals surface area contributed by atoms with Gasteiger partial charge in [0.05, 0.1) is 18.0 Å². The molecule has 0 radical (unpaired) electrons. The van der Waals surface area contributed by atoms with Crippen molar-refractivity contribution in [2.45, 2.75) is 44.7 Å². The molecule has 0 spiro atoms. The van der Waals surface area contributed by atoms with E-state index in [9.17, 15) is 4.79 Å². The van der Waals surface area contributed by atoms with Crippen molar-refractivity contribution in [2.75, 3.05) is 30.7 Å². The Bertz CT molecular complexity index is 1700. The molecule has 1 saturated carbocycles. The second kappa shape index (κ2) is 9.91. The summed E-state index contributed by atoms with van der Waals surface area (Å²) in [6.45, 7) is 4.16. The zero-order chi connectivity index (χ0) is 27.2. The van der Waals surface area contributed by atoms with Crippen LogP contribution in [-0.4, -0.2) is 61.2 Å². The predicted octanol–water partition coefficient (Wildman–Crippen LogP) is 4.18. The number of nitrogens with zero attached hydrogens (tertiary/aromatic N) is 6. The number of piperazine rings is 1. The summed E-state index contributed by atoms with van der Waals surface area (Å²) in [5.74, 6) is 0.539. The van der Waals surface area contributed by atoms with E-state index in [1.54, 1.807) is 0 Å². The fourth-order valence-corrected chi connectivity index (χ4v) is 6.02. The van der Waals surface area contributed by atoms with Gasteiger partial charge in [-0.2, -0.15) is 10.1 Å². The summed E-state index contributed by atoms with van der Waals surface area (Å²) < 4.78 is 7.88. The first-order chi connectivity index (χ1) is 19.5. The molecule has 0 unspecified atom stereocenters. The van der Waals surface area contributed by atoms with E-state index < -0.39 is 0 Å². The average molecular weight is 538 g/mol. The number of nitrogens with one attached hydrogen (secondary N) is 2. The Morgan fingerprint density at radius 1 is 1.05 bits per heavy atom. The number of carbonyl (C=O) groups excluding carboxylic acids is 1. The fraction of sp³-hybridized carbons (Fsp3) is 0.345. The molecule has 2 fully saturated rings. The van der Waals surface area contributed by atoms with Crippen molar-refractivity contribution in [3.05, 3.63) is 54.4 Å². The Morgan fingerprint density at radius 3 is 2.65 bits per heavy atom. The Hall–Kier alpha value is -4.51. The smallest absolute Gasteiger partial charge is 0.300 e. The molecule has 1 aliphatic carbocycles. The van der Waals surface area contributed by atoms with E-state index in [1.807, 2.05) is 54.1 Å². The third-order valence-corrected chi connectivity index (χ3v) is 8.07. The molecule has 0 atom stereocenters. The topological polar surface area (TPSA) is 140 Å². The van der Waals surface area contributed by atoms with Gasteiger partial charge in [0.25, 0.3) is 6.01 Å². The number of amides is 1. The van der Waals surface area contributed by atoms with Crippen LogP contribution in [0.25, 0.3) is 33.4 Å². The molecular formula is C29H31N9O2. The lowest BCUT2D eigenvalue weighted by Crippen LogP contribution is -2.52. The molecule has 7 rings (SSSR count). The molecule has 1 aliphatic heterocycles. The first kappa shape index (κ1) is 24.5. The molecule has 1 saturated heterocycles. The number of fused-ring (bicyclic) bond motifs is 2. The van der Waals surface area contributed by atoms with E-state index in [4.69, 9.17) is 15.2 Å². The molecular weight excluding hydrogens is 506 g/mol. The molecule has 0 bridgehead atoms. The summed E-state index contributed by atoms with van der Waals surface area (Å²) in [7, 11) is 0. The van der Waals surface area contributed by atoms with Gasteiger partial charge in [-0.05, 0) is 62.4 Å². The predicted molar refractivity (Wildman–Crippen MR) is 153 cm³/mol. The number of aryl methyl sites for hydroxylation is 1. The van der Waals surface area contributed by atoms with Crippen LogP contribution >= 0.6 is 0 Å². The highest BCUT2D eigenvalue weighted by Gasteiger charge is 2.31. The first-order valence-electron chi connectivity index (χ1n) is 13.8. The van der Waals surface area contributed by atoms with Crippen LogP contribution in [0.3, 0.4) is 0 Å². The monoisotopic (exact) mass is 537 g/mol. The second-order valence-electron chi connectivity index (χ2n) is 10.7. The summed E-state index contributed by atoms with van der Waals surface area (Å²) in [5.41, 5.74) is 12.4. The number of hydrogen-bond donors (Lipinski definition) is 3. The van der Waals surface area contributed by atoms with E-state index in [-0.39, 0.29) is 11.9 Å². The number of carbonyl (C=O) groups is 1. The number of benzene rings is 2. The van der Waals surface area contributed by atoms with Crippen molar-refractivity contribution < 1.29 is 9.21 Å². The SMILES string of the molecule is Cc1ccc2oc(Nc3ccc(-c4nn(C5CCC(N6CCNC(=O)C6)CC5)c5ncnc(N)c45)cc3)nc2c1. The zero-order valence-corrected chi connectivity index (χ0v) is 22.3. The number of hydrogen-bond acceptors (Lipinski definition) is 9. The van der Waals surface area contributed by atoms with Gasteiger partial charge in [0.1, 0.15) is 23.4 Å². The maximum absolute atomic E-state index is 11.9. The van der Waals surface area contributed by atoms with E-state index >= 15 is 0 Å². The molecule has 1 amide bonds. The van der Waals surface area contributed by atoms with Crippen LogP contribution in [0, 0.1) is 6.92 Å². The lowest BCUT2D eigenvalue weighted by molar-refractivity contribution is -0.125. The third kappa shape index (κ3) is 4.51. The molecule has 4 N–H and O–H groups in total. The number of oxazole rings is 1. The van der Waals surface area contributed by atoms with Crippen molar-refractivity contribution in [1.82, 2.24) is 34.9 Å². The Morgan fingerprint density at radius 2 is 1.85 bits per heavy atom. The summed E-state index contributed by atoms with van der Waals surface area (Å²) in [5, 5.41) is 12.0. The van der Waals surface area contributed by atoms with Crippen LogP contribution in [0.5, 0.6) is 0 Å². The standard InChI is InChI=1S/C29H31N9O2/c1-17-2-11-23-22(14-17)35-29(40-23)34-19-5-3-18(4-6-19)26-25-27(30)32-16-33-28(25)38(36-26)21-9-7-20(8-10-21)37-13-12-31-24(39)15-37/h2-6,11,14,16,20-21H,7-10,12-13,15H2,1H3,(H,31,39)(H,34,35)(H2,30,32,33). The highest BCUT2D eigenvalue weighted by Crippen LogP contribution is 2.37. The number of rotatable bonds is 5. The summed E-state index contributed by atoms with van der Waals surface area (Å²) in [6.07, 6.45) is 5.48. The third-order valence-electron chi connectivity index (χ3n) is 8.07. The minimum absolute atomic E-state index is 0.119. The zero-order valence-electron chi connectivity index (χ0n) is 22.3. The number of anilines is 3. The van der Waals surface area contributed by atoms with Gasteiger partial charge >= 0.3 is 0 Å². The van der Waals surface area contributed by atoms with Crippen molar-refractivity contribution in [3.8, 4) is 11.3 Å². The van der Waals surface area contributed by atoms with E-state index in [1.165, 1.54) is 6.33 Å². The molecule has 11 nitrogen and oxygen atoms in total. The molecule has 4 heterocycles. The summed E-state index contributed by atoms with van der Waals surface area (Å²) in [4.78, 5) is 27.6. The van der Waals surface area contributed by atoms with E-state index in [2.05, 4.69) is 30.5 Å². The van der Waals surface area contributed by atoms with Crippen molar-refractivity contribution in [1.29, 1.82) is 0 Å². The molecule has 2 aromatic carbocycles. The van der Waals surface area contributed by atoms with Gasteiger partial charge in [-0.15, -0.1) is 0 Å². The van der Waals surface area contributed by atoms with Gasteiger partial charge in [-0.25, -0.2) is 14.6 Å². The van der Waals surface area contributed by atoms with Crippen LogP contribution in [-0.2, 0) is 4.79 Å². The second-order valence-corrected chi connectivity index (χ2v) is 10.7. The van der Waals surface area contributed by atoms with Crippen molar-refractivity contribution >= 4 is 45.6 Å². The normalized spacial score (nSPS) is 20.2. The minimum Gasteiger partial charge on any atom is -0.423 e. The van der Waals surface area contributed by atoms with Crippen molar-refractivity contribution in [2.24, 2.45) is 0 Å². The Balaban J connectivity index is 1.13. The van der Waals surface area contributed by atoms with Crippen LogP contribution < -0.4 is 16.4 Å². The highest BCUT2D eigenvalue weighted by atomic mass is 16.4.